The van der Waals surface area contributed by atoms with Gasteiger partial charge in [0.05, 0.1) is 5.92 Å². The highest BCUT2D eigenvalue weighted by Gasteiger charge is 2.38. The van der Waals surface area contributed by atoms with Crippen molar-refractivity contribution in [2.24, 2.45) is 5.92 Å². The number of aliphatic carboxylic acids is 1. The maximum absolute atomic E-state index is 12.9. The van der Waals surface area contributed by atoms with Gasteiger partial charge in [-0.05, 0) is 67.8 Å². The van der Waals surface area contributed by atoms with Gasteiger partial charge in [-0.15, -0.1) is 0 Å². The summed E-state index contributed by atoms with van der Waals surface area (Å²) in [5.74, 6) is -3.34. The molecule has 0 aromatic heterocycles. The molecule has 0 aliphatic carbocycles. The number of nitrogens with zero attached hydrogens (tertiary/aromatic N) is 1. The Morgan fingerprint density at radius 3 is 2.21 bits per heavy atom. The van der Waals surface area contributed by atoms with E-state index < -0.39 is 12.1 Å². The predicted molar refractivity (Wildman–Crippen MR) is 138 cm³/mol. The molecule has 1 atom stereocenters. The number of halogens is 4. The highest BCUT2D eigenvalue weighted by molar-refractivity contribution is 6.30. The summed E-state index contributed by atoms with van der Waals surface area (Å²) in [6, 6.07) is 13.4. The Kier molecular flexibility index (Phi) is 12.2. The number of hydrogen-bond acceptors (Lipinski definition) is 5. The Balaban J connectivity index is 0.000000673. The standard InChI is InChI=1S/C24H28ClN3O4.C2HF3O2/c1-32-15-3-13-26-22(29)19-4-2-14-28(16-19)24(31)18-7-11-21(12-8-18)27-23(30)17-5-9-20(25)10-6-17;3-2(4,5)1(6)7/h5-12,19H,2-4,13-16H2,1H3,(H,26,29)(H,27,30);(H,6,7). The monoisotopic (exact) mass is 571 g/mol. The molecule has 1 aliphatic rings. The molecule has 1 fully saturated rings. The van der Waals surface area contributed by atoms with E-state index in [-0.39, 0.29) is 23.6 Å². The fraction of sp³-hybridized carbons (Fsp3) is 0.385. The summed E-state index contributed by atoms with van der Waals surface area (Å²) in [6.45, 7) is 2.21. The smallest absolute Gasteiger partial charge is 0.475 e. The number of nitrogens with one attached hydrogen (secondary N) is 2. The summed E-state index contributed by atoms with van der Waals surface area (Å²) in [5, 5.41) is 13.4. The van der Waals surface area contributed by atoms with E-state index in [1.165, 1.54) is 0 Å². The first-order valence-electron chi connectivity index (χ1n) is 12.0. The van der Waals surface area contributed by atoms with Gasteiger partial charge in [-0.3, -0.25) is 14.4 Å². The van der Waals surface area contributed by atoms with E-state index in [4.69, 9.17) is 26.2 Å². The molecular weight excluding hydrogens is 543 g/mol. The van der Waals surface area contributed by atoms with E-state index in [1.54, 1.807) is 60.5 Å². The molecule has 2 aromatic carbocycles. The van der Waals surface area contributed by atoms with Crippen LogP contribution >= 0.6 is 11.6 Å². The summed E-state index contributed by atoms with van der Waals surface area (Å²) >= 11 is 5.85. The van der Waals surface area contributed by atoms with Gasteiger partial charge in [0, 0.05) is 55.2 Å². The average molecular weight is 572 g/mol. The van der Waals surface area contributed by atoms with Crippen LogP contribution in [0, 0.1) is 5.92 Å². The molecule has 3 amide bonds. The van der Waals surface area contributed by atoms with Gasteiger partial charge in [-0.2, -0.15) is 13.2 Å². The van der Waals surface area contributed by atoms with Crippen LogP contribution in [-0.4, -0.2) is 73.2 Å². The van der Waals surface area contributed by atoms with Crippen molar-refractivity contribution in [1.82, 2.24) is 10.2 Å². The SMILES string of the molecule is COCCCNC(=O)C1CCCN(C(=O)c2ccc(NC(=O)c3ccc(Cl)cc3)cc2)C1.O=C(O)C(F)(F)F. The molecule has 1 saturated heterocycles. The van der Waals surface area contributed by atoms with Crippen molar-refractivity contribution in [3.05, 3.63) is 64.7 Å². The van der Waals surface area contributed by atoms with E-state index in [0.717, 1.165) is 19.3 Å². The first-order chi connectivity index (χ1) is 18.4. The zero-order chi connectivity index (χ0) is 29.0. The van der Waals surface area contributed by atoms with Crippen LogP contribution in [0.2, 0.25) is 5.02 Å². The normalized spacial score (nSPS) is 15.0. The number of carboxylic acids is 1. The minimum Gasteiger partial charge on any atom is -0.475 e. The predicted octanol–water partition coefficient (Wildman–Crippen LogP) is 4.23. The lowest BCUT2D eigenvalue weighted by Gasteiger charge is -2.32. The number of ether oxygens (including phenoxy) is 1. The summed E-state index contributed by atoms with van der Waals surface area (Å²) in [7, 11) is 1.63. The molecule has 0 radical (unpaired) electrons. The second-order valence-electron chi connectivity index (χ2n) is 8.57. The number of anilines is 1. The van der Waals surface area contributed by atoms with Crippen molar-refractivity contribution in [3.63, 3.8) is 0 Å². The number of methoxy groups -OCH3 is 1. The quantitative estimate of drug-likeness (QED) is 0.407. The minimum absolute atomic E-state index is 0.0149. The maximum Gasteiger partial charge on any atom is 0.490 e. The molecule has 9 nitrogen and oxygen atoms in total. The Labute approximate surface area is 228 Å². The third-order valence-electron chi connectivity index (χ3n) is 5.64. The van der Waals surface area contributed by atoms with Crippen LogP contribution < -0.4 is 10.6 Å². The van der Waals surface area contributed by atoms with Crippen molar-refractivity contribution in [3.8, 4) is 0 Å². The zero-order valence-electron chi connectivity index (χ0n) is 21.1. The topological polar surface area (TPSA) is 125 Å². The molecule has 3 N–H and O–H groups in total. The van der Waals surface area contributed by atoms with Gasteiger partial charge in [-0.25, -0.2) is 4.79 Å². The van der Waals surface area contributed by atoms with Gasteiger partial charge in [0.25, 0.3) is 11.8 Å². The first kappa shape index (κ1) is 31.6. The molecule has 39 heavy (non-hydrogen) atoms. The van der Waals surface area contributed by atoms with Gasteiger partial charge in [0.2, 0.25) is 5.91 Å². The van der Waals surface area contributed by atoms with Crippen molar-refractivity contribution in [1.29, 1.82) is 0 Å². The number of benzene rings is 2. The highest BCUT2D eigenvalue weighted by atomic mass is 35.5. The lowest BCUT2D eigenvalue weighted by atomic mass is 9.96. The Morgan fingerprint density at radius 2 is 1.64 bits per heavy atom. The lowest BCUT2D eigenvalue weighted by Crippen LogP contribution is -2.45. The molecule has 1 unspecified atom stereocenters. The number of amides is 3. The number of carboxylic acid groups (broad SMARTS) is 1. The van der Waals surface area contributed by atoms with E-state index >= 15 is 0 Å². The fourth-order valence-corrected chi connectivity index (χ4v) is 3.76. The van der Waals surface area contributed by atoms with Crippen LogP contribution in [0.25, 0.3) is 0 Å². The summed E-state index contributed by atoms with van der Waals surface area (Å²) in [5.41, 5.74) is 1.61. The van der Waals surface area contributed by atoms with E-state index in [9.17, 15) is 27.6 Å². The lowest BCUT2D eigenvalue weighted by molar-refractivity contribution is -0.192. The summed E-state index contributed by atoms with van der Waals surface area (Å²) in [6.07, 6.45) is -2.76. The molecule has 0 bridgehead atoms. The minimum atomic E-state index is -5.08. The third kappa shape index (κ3) is 10.6. The van der Waals surface area contributed by atoms with E-state index in [1.807, 2.05) is 0 Å². The Bertz CT molecular complexity index is 1130. The second kappa shape index (κ2) is 15.1. The van der Waals surface area contributed by atoms with Crippen LogP contribution in [-0.2, 0) is 14.3 Å². The molecule has 1 heterocycles. The fourth-order valence-electron chi connectivity index (χ4n) is 3.63. The first-order valence-corrected chi connectivity index (χ1v) is 12.3. The summed E-state index contributed by atoms with van der Waals surface area (Å²) < 4.78 is 36.7. The Morgan fingerprint density at radius 1 is 1.05 bits per heavy atom. The molecule has 13 heteroatoms. The molecule has 0 spiro atoms. The van der Waals surface area contributed by atoms with Gasteiger partial charge in [0.15, 0.2) is 0 Å². The van der Waals surface area contributed by atoms with Crippen molar-refractivity contribution in [2.75, 3.05) is 38.7 Å². The van der Waals surface area contributed by atoms with Gasteiger partial charge in [-0.1, -0.05) is 11.6 Å². The highest BCUT2D eigenvalue weighted by Crippen LogP contribution is 2.20. The zero-order valence-corrected chi connectivity index (χ0v) is 21.8. The molecule has 212 valence electrons. The Hall–Kier alpha value is -3.64. The van der Waals surface area contributed by atoms with Crippen LogP contribution in [0.4, 0.5) is 18.9 Å². The number of carbonyl (C=O) groups is 4. The van der Waals surface area contributed by atoms with E-state index in [0.29, 0.717) is 48.1 Å². The number of alkyl halides is 3. The molecule has 1 aliphatic heterocycles. The number of rotatable bonds is 8. The van der Waals surface area contributed by atoms with Crippen LogP contribution in [0.15, 0.2) is 48.5 Å². The van der Waals surface area contributed by atoms with Crippen molar-refractivity contribution < 1.29 is 42.2 Å². The third-order valence-corrected chi connectivity index (χ3v) is 5.89. The maximum atomic E-state index is 12.9. The average Bonchev–Trinajstić information content (AvgIpc) is 2.91. The number of carbonyl (C=O) groups excluding carboxylic acids is 3. The number of hydrogen-bond donors (Lipinski definition) is 3. The second-order valence-corrected chi connectivity index (χ2v) is 9.01. The van der Waals surface area contributed by atoms with Crippen molar-refractivity contribution in [2.45, 2.75) is 25.4 Å². The molecule has 0 saturated carbocycles. The molecule has 2 aromatic rings. The van der Waals surface area contributed by atoms with Gasteiger partial charge in [0.1, 0.15) is 0 Å². The van der Waals surface area contributed by atoms with Crippen LogP contribution in [0.3, 0.4) is 0 Å². The van der Waals surface area contributed by atoms with Crippen LogP contribution in [0.1, 0.15) is 40.0 Å². The molecular formula is C26H29ClF3N3O6. The van der Waals surface area contributed by atoms with Gasteiger partial charge >= 0.3 is 12.1 Å². The number of piperidine rings is 1. The van der Waals surface area contributed by atoms with Gasteiger partial charge < -0.3 is 25.4 Å². The van der Waals surface area contributed by atoms with Crippen molar-refractivity contribution >= 4 is 41.0 Å². The number of likely N-dealkylation sites (tertiary alicyclic amines) is 1. The summed E-state index contributed by atoms with van der Waals surface area (Å²) in [4.78, 5) is 48.3. The van der Waals surface area contributed by atoms with E-state index in [2.05, 4.69) is 10.6 Å². The van der Waals surface area contributed by atoms with Crippen LogP contribution in [0.5, 0.6) is 0 Å². The largest absolute Gasteiger partial charge is 0.490 e. The molecule has 3 rings (SSSR count).